The van der Waals surface area contributed by atoms with E-state index in [1.54, 1.807) is 17.0 Å². The van der Waals surface area contributed by atoms with Crippen LogP contribution in [-0.2, 0) is 11.8 Å². The number of nitrogens with one attached hydrogen (secondary N) is 1. The van der Waals surface area contributed by atoms with Crippen molar-refractivity contribution in [1.29, 1.82) is 0 Å². The van der Waals surface area contributed by atoms with E-state index in [-0.39, 0.29) is 5.91 Å². The van der Waals surface area contributed by atoms with Gasteiger partial charge >= 0.3 is 0 Å². The molecule has 0 fully saturated rings. The lowest BCUT2D eigenvalue weighted by molar-refractivity contribution is -0.111. The van der Waals surface area contributed by atoms with E-state index < -0.39 is 0 Å². The summed E-state index contributed by atoms with van der Waals surface area (Å²) in [6, 6.07) is 9.62. The number of carbonyl (C=O) groups excluding carboxylic acids is 1. The highest BCUT2D eigenvalue weighted by molar-refractivity contribution is 9.10. The minimum absolute atomic E-state index is 0.201. The van der Waals surface area contributed by atoms with Gasteiger partial charge in [0.2, 0.25) is 5.91 Å². The highest BCUT2D eigenvalue weighted by Crippen LogP contribution is 2.19. The minimum Gasteiger partial charge on any atom is -0.321 e. The number of halogens is 1. The standard InChI is InChI=1S/C17H15BrN4O/c1-11-15-9-14(10-19-17(15)22(2)21-11)20-16(23)7-6-12-4-3-5-13(18)8-12/h3-10H,1-2H3,(H,20,23)/b7-6+. The van der Waals surface area contributed by atoms with Gasteiger partial charge in [-0.3, -0.25) is 9.48 Å². The van der Waals surface area contributed by atoms with Gasteiger partial charge in [-0.15, -0.1) is 0 Å². The maximum Gasteiger partial charge on any atom is 0.248 e. The monoisotopic (exact) mass is 370 g/mol. The number of fused-ring (bicyclic) bond motifs is 1. The fourth-order valence-corrected chi connectivity index (χ4v) is 2.76. The van der Waals surface area contributed by atoms with Crippen LogP contribution in [0.3, 0.4) is 0 Å². The van der Waals surface area contributed by atoms with E-state index in [1.807, 2.05) is 44.3 Å². The quantitative estimate of drug-likeness (QED) is 0.715. The zero-order valence-electron chi connectivity index (χ0n) is 12.7. The lowest BCUT2D eigenvalue weighted by Gasteiger charge is -2.02. The first kappa shape index (κ1) is 15.4. The average molecular weight is 371 g/mol. The van der Waals surface area contributed by atoms with Gasteiger partial charge in [-0.25, -0.2) is 4.98 Å². The number of pyridine rings is 1. The molecular weight excluding hydrogens is 356 g/mol. The predicted molar refractivity (Wildman–Crippen MR) is 95.1 cm³/mol. The third kappa shape index (κ3) is 3.48. The second-order valence-electron chi connectivity index (χ2n) is 5.18. The highest BCUT2D eigenvalue weighted by atomic mass is 79.9. The second kappa shape index (κ2) is 6.34. The first-order valence-corrected chi connectivity index (χ1v) is 7.86. The van der Waals surface area contributed by atoms with Crippen molar-refractivity contribution in [2.24, 2.45) is 7.05 Å². The number of carbonyl (C=O) groups is 1. The second-order valence-corrected chi connectivity index (χ2v) is 6.10. The van der Waals surface area contributed by atoms with Crippen LogP contribution in [0.25, 0.3) is 17.1 Å². The van der Waals surface area contributed by atoms with Crippen molar-refractivity contribution in [2.45, 2.75) is 6.92 Å². The maximum atomic E-state index is 12.0. The van der Waals surface area contributed by atoms with Crippen molar-refractivity contribution in [3.8, 4) is 0 Å². The van der Waals surface area contributed by atoms with Gasteiger partial charge in [0, 0.05) is 23.0 Å². The Bertz CT molecular complexity index is 914. The van der Waals surface area contributed by atoms with Gasteiger partial charge in [-0.05, 0) is 36.8 Å². The smallest absolute Gasteiger partial charge is 0.248 e. The molecule has 5 nitrogen and oxygen atoms in total. The molecule has 3 aromatic rings. The summed E-state index contributed by atoms with van der Waals surface area (Å²) in [5.74, 6) is -0.201. The van der Waals surface area contributed by atoms with Crippen LogP contribution < -0.4 is 5.32 Å². The SMILES string of the molecule is Cc1nn(C)c2ncc(NC(=O)/C=C/c3cccc(Br)c3)cc12. The molecule has 0 aliphatic carbocycles. The van der Waals surface area contributed by atoms with E-state index in [0.717, 1.165) is 26.8 Å². The Kier molecular flexibility index (Phi) is 4.25. The third-order valence-corrected chi connectivity index (χ3v) is 3.90. The van der Waals surface area contributed by atoms with Gasteiger partial charge in [-0.1, -0.05) is 28.1 Å². The molecule has 0 saturated carbocycles. The molecule has 0 aliphatic heterocycles. The zero-order chi connectivity index (χ0) is 16.4. The van der Waals surface area contributed by atoms with Gasteiger partial charge in [0.05, 0.1) is 17.6 Å². The van der Waals surface area contributed by atoms with Crippen LogP contribution in [0.1, 0.15) is 11.3 Å². The summed E-state index contributed by atoms with van der Waals surface area (Å²) in [5.41, 5.74) is 3.28. The number of hydrogen-bond donors (Lipinski definition) is 1. The van der Waals surface area contributed by atoms with Gasteiger partial charge in [0.1, 0.15) is 0 Å². The van der Waals surface area contributed by atoms with Gasteiger partial charge in [-0.2, -0.15) is 5.10 Å². The number of nitrogens with zero attached hydrogens (tertiary/aromatic N) is 3. The van der Waals surface area contributed by atoms with Gasteiger partial charge < -0.3 is 5.32 Å². The molecule has 2 heterocycles. The normalized spacial score (nSPS) is 11.3. The number of hydrogen-bond acceptors (Lipinski definition) is 3. The molecule has 2 aromatic heterocycles. The van der Waals surface area contributed by atoms with Crippen LogP contribution in [0.2, 0.25) is 0 Å². The lowest BCUT2D eigenvalue weighted by atomic mass is 10.2. The van der Waals surface area contributed by atoms with Crippen LogP contribution in [0, 0.1) is 6.92 Å². The largest absolute Gasteiger partial charge is 0.321 e. The molecule has 0 radical (unpaired) electrons. The predicted octanol–water partition coefficient (Wildman–Crippen LogP) is 3.69. The molecule has 3 rings (SSSR count). The van der Waals surface area contributed by atoms with Crippen LogP contribution in [-0.4, -0.2) is 20.7 Å². The topological polar surface area (TPSA) is 59.8 Å². The molecule has 1 N–H and O–H groups in total. The Morgan fingerprint density at radius 1 is 1.35 bits per heavy atom. The van der Waals surface area contributed by atoms with Crippen LogP contribution in [0.5, 0.6) is 0 Å². The number of aryl methyl sites for hydroxylation is 2. The summed E-state index contributed by atoms with van der Waals surface area (Å²) < 4.78 is 2.70. The van der Waals surface area contributed by atoms with Gasteiger partial charge in [0.25, 0.3) is 0 Å². The number of aromatic nitrogens is 3. The van der Waals surface area contributed by atoms with E-state index >= 15 is 0 Å². The summed E-state index contributed by atoms with van der Waals surface area (Å²) >= 11 is 3.40. The van der Waals surface area contributed by atoms with E-state index in [1.165, 1.54) is 6.08 Å². The molecule has 0 bridgehead atoms. The van der Waals surface area contributed by atoms with Crippen molar-refractivity contribution in [3.05, 3.63) is 58.3 Å². The van der Waals surface area contributed by atoms with Crippen molar-refractivity contribution in [3.63, 3.8) is 0 Å². The number of rotatable bonds is 3. The van der Waals surface area contributed by atoms with Crippen LogP contribution in [0.4, 0.5) is 5.69 Å². The van der Waals surface area contributed by atoms with Crippen molar-refractivity contribution >= 4 is 44.6 Å². The summed E-state index contributed by atoms with van der Waals surface area (Å²) in [5, 5.41) is 8.07. The molecule has 23 heavy (non-hydrogen) atoms. The molecule has 0 spiro atoms. The maximum absolute atomic E-state index is 12.0. The summed E-state index contributed by atoms with van der Waals surface area (Å²) in [7, 11) is 1.85. The van der Waals surface area contributed by atoms with Crippen LogP contribution in [0.15, 0.2) is 47.1 Å². The molecule has 0 aliphatic rings. The number of anilines is 1. The first-order chi connectivity index (χ1) is 11.0. The Morgan fingerprint density at radius 3 is 2.96 bits per heavy atom. The lowest BCUT2D eigenvalue weighted by Crippen LogP contribution is -2.08. The van der Waals surface area contributed by atoms with Crippen molar-refractivity contribution < 1.29 is 4.79 Å². The number of amides is 1. The van der Waals surface area contributed by atoms with Crippen molar-refractivity contribution in [2.75, 3.05) is 5.32 Å². The average Bonchev–Trinajstić information content (AvgIpc) is 2.80. The van der Waals surface area contributed by atoms with E-state index in [9.17, 15) is 4.79 Å². The van der Waals surface area contributed by atoms with Gasteiger partial charge in [0.15, 0.2) is 5.65 Å². The fourth-order valence-electron chi connectivity index (χ4n) is 2.34. The molecule has 1 aromatic carbocycles. The molecule has 0 unspecified atom stereocenters. The molecule has 6 heteroatoms. The molecule has 116 valence electrons. The summed E-state index contributed by atoms with van der Waals surface area (Å²) in [6.45, 7) is 1.92. The zero-order valence-corrected chi connectivity index (χ0v) is 14.3. The summed E-state index contributed by atoms with van der Waals surface area (Å²) in [4.78, 5) is 16.4. The van der Waals surface area contributed by atoms with E-state index in [4.69, 9.17) is 0 Å². The minimum atomic E-state index is -0.201. The number of benzene rings is 1. The van der Waals surface area contributed by atoms with Crippen molar-refractivity contribution in [1.82, 2.24) is 14.8 Å². The summed E-state index contributed by atoms with van der Waals surface area (Å²) in [6.07, 6.45) is 4.90. The first-order valence-electron chi connectivity index (χ1n) is 7.07. The Balaban J connectivity index is 1.76. The third-order valence-electron chi connectivity index (χ3n) is 3.41. The van der Waals surface area contributed by atoms with E-state index in [0.29, 0.717) is 5.69 Å². The van der Waals surface area contributed by atoms with Crippen LogP contribution >= 0.6 is 15.9 Å². The van der Waals surface area contributed by atoms with E-state index in [2.05, 4.69) is 31.3 Å². The Labute approximate surface area is 142 Å². The molecular formula is C17H15BrN4O. The Hall–Kier alpha value is -2.47. The molecule has 1 amide bonds. The fraction of sp³-hybridized carbons (Fsp3) is 0.118. The molecule has 0 saturated heterocycles. The Morgan fingerprint density at radius 2 is 2.17 bits per heavy atom. The highest BCUT2D eigenvalue weighted by Gasteiger charge is 2.07. The molecule has 0 atom stereocenters.